The third-order valence-electron chi connectivity index (χ3n) is 3.85. The molecule has 0 amide bonds. The molecule has 5 heteroatoms. The van der Waals surface area contributed by atoms with Crippen LogP contribution in [0.5, 0.6) is 23.0 Å². The van der Waals surface area contributed by atoms with Gasteiger partial charge in [-0.15, -0.1) is 0 Å². The standard InChI is InChI=1S/C20H26O5/c1-4-13-20(21,14-24-18-11-7-5-9-16(18)22-2)15-25-19-12-8-6-10-17(19)23-3/h5-12,21H,4,13-15H2,1-3H3. The summed E-state index contributed by atoms with van der Waals surface area (Å²) in [5.41, 5.74) is -1.11. The molecule has 0 bridgehead atoms. The lowest BCUT2D eigenvalue weighted by atomic mass is 10.0. The molecule has 0 radical (unpaired) electrons. The second-order valence-electron chi connectivity index (χ2n) is 5.85. The Morgan fingerprint density at radius 1 is 0.760 bits per heavy atom. The minimum atomic E-state index is -1.11. The van der Waals surface area contributed by atoms with Crippen LogP contribution >= 0.6 is 0 Å². The molecule has 0 fully saturated rings. The van der Waals surface area contributed by atoms with Crippen LogP contribution in [0.1, 0.15) is 19.8 Å². The van der Waals surface area contributed by atoms with Crippen LogP contribution in [0.3, 0.4) is 0 Å². The Balaban J connectivity index is 2.04. The smallest absolute Gasteiger partial charge is 0.161 e. The first-order valence-electron chi connectivity index (χ1n) is 8.36. The van der Waals surface area contributed by atoms with Crippen molar-refractivity contribution >= 4 is 0 Å². The van der Waals surface area contributed by atoms with Crippen LogP contribution < -0.4 is 18.9 Å². The summed E-state index contributed by atoms with van der Waals surface area (Å²) in [7, 11) is 3.18. The molecule has 2 rings (SSSR count). The zero-order valence-electron chi connectivity index (χ0n) is 15.0. The number of rotatable bonds is 10. The fourth-order valence-electron chi connectivity index (χ4n) is 2.55. The van der Waals surface area contributed by atoms with Crippen molar-refractivity contribution in [3.63, 3.8) is 0 Å². The van der Waals surface area contributed by atoms with Crippen LogP contribution in [0.2, 0.25) is 0 Å². The van der Waals surface area contributed by atoms with E-state index in [9.17, 15) is 5.11 Å². The highest BCUT2D eigenvalue weighted by Gasteiger charge is 2.29. The number of aliphatic hydroxyl groups is 1. The summed E-state index contributed by atoms with van der Waals surface area (Å²) in [6, 6.07) is 14.7. The number of methoxy groups -OCH3 is 2. The summed E-state index contributed by atoms with van der Waals surface area (Å²) in [5.74, 6) is 2.45. The molecule has 136 valence electrons. The van der Waals surface area contributed by atoms with Crippen molar-refractivity contribution in [3.05, 3.63) is 48.5 Å². The lowest BCUT2D eigenvalue weighted by Crippen LogP contribution is -2.42. The van der Waals surface area contributed by atoms with Gasteiger partial charge in [-0.2, -0.15) is 0 Å². The number of hydrogen-bond acceptors (Lipinski definition) is 5. The average molecular weight is 346 g/mol. The van der Waals surface area contributed by atoms with Crippen molar-refractivity contribution in [2.75, 3.05) is 27.4 Å². The molecule has 0 saturated carbocycles. The van der Waals surface area contributed by atoms with E-state index in [1.807, 2.05) is 55.5 Å². The van der Waals surface area contributed by atoms with E-state index in [2.05, 4.69) is 0 Å². The first kappa shape index (κ1) is 18.9. The van der Waals surface area contributed by atoms with Gasteiger partial charge in [0, 0.05) is 0 Å². The molecular formula is C20H26O5. The van der Waals surface area contributed by atoms with Crippen molar-refractivity contribution in [1.82, 2.24) is 0 Å². The van der Waals surface area contributed by atoms with Crippen LogP contribution in [0.4, 0.5) is 0 Å². The molecule has 2 aromatic rings. The highest BCUT2D eigenvalue weighted by molar-refractivity contribution is 5.40. The lowest BCUT2D eigenvalue weighted by Gasteiger charge is -2.28. The van der Waals surface area contributed by atoms with E-state index < -0.39 is 5.60 Å². The Bertz CT molecular complexity index is 605. The predicted molar refractivity (Wildman–Crippen MR) is 96.8 cm³/mol. The van der Waals surface area contributed by atoms with E-state index in [-0.39, 0.29) is 13.2 Å². The van der Waals surface area contributed by atoms with Gasteiger partial charge in [-0.1, -0.05) is 37.6 Å². The van der Waals surface area contributed by atoms with Gasteiger partial charge in [0.25, 0.3) is 0 Å². The van der Waals surface area contributed by atoms with Crippen LogP contribution in [0.15, 0.2) is 48.5 Å². The molecule has 25 heavy (non-hydrogen) atoms. The van der Waals surface area contributed by atoms with Crippen molar-refractivity contribution < 1.29 is 24.1 Å². The van der Waals surface area contributed by atoms with Gasteiger partial charge in [-0.3, -0.25) is 0 Å². The molecule has 0 atom stereocenters. The van der Waals surface area contributed by atoms with Crippen molar-refractivity contribution in [3.8, 4) is 23.0 Å². The topological polar surface area (TPSA) is 57.2 Å². The number of ether oxygens (including phenoxy) is 4. The van der Waals surface area contributed by atoms with E-state index in [4.69, 9.17) is 18.9 Å². The van der Waals surface area contributed by atoms with Crippen molar-refractivity contribution in [2.24, 2.45) is 0 Å². The second-order valence-corrected chi connectivity index (χ2v) is 5.85. The highest BCUT2D eigenvalue weighted by Crippen LogP contribution is 2.29. The fourth-order valence-corrected chi connectivity index (χ4v) is 2.55. The minimum absolute atomic E-state index is 0.108. The first-order chi connectivity index (χ1) is 12.1. The van der Waals surface area contributed by atoms with Gasteiger partial charge < -0.3 is 24.1 Å². The molecule has 2 aromatic carbocycles. The Hall–Kier alpha value is -2.40. The SMILES string of the molecule is CCCC(O)(COc1ccccc1OC)COc1ccccc1OC. The number of para-hydroxylation sites is 4. The molecule has 0 heterocycles. The van der Waals surface area contributed by atoms with Gasteiger partial charge in [-0.05, 0) is 30.7 Å². The molecular weight excluding hydrogens is 320 g/mol. The summed E-state index contributed by atoms with van der Waals surface area (Å²) in [6.45, 7) is 2.23. The van der Waals surface area contributed by atoms with E-state index in [0.717, 1.165) is 6.42 Å². The van der Waals surface area contributed by atoms with Gasteiger partial charge >= 0.3 is 0 Å². The molecule has 0 aliphatic rings. The zero-order valence-corrected chi connectivity index (χ0v) is 15.0. The fraction of sp³-hybridized carbons (Fsp3) is 0.400. The normalized spacial score (nSPS) is 11.0. The van der Waals surface area contributed by atoms with Crippen LogP contribution in [-0.4, -0.2) is 38.1 Å². The average Bonchev–Trinajstić information content (AvgIpc) is 2.65. The van der Waals surface area contributed by atoms with Gasteiger partial charge in [0.1, 0.15) is 18.8 Å². The Morgan fingerprint density at radius 2 is 1.16 bits per heavy atom. The monoisotopic (exact) mass is 346 g/mol. The Kier molecular flexibility index (Phi) is 6.95. The van der Waals surface area contributed by atoms with Crippen LogP contribution in [0, 0.1) is 0 Å². The molecule has 0 aliphatic heterocycles. The van der Waals surface area contributed by atoms with E-state index in [1.54, 1.807) is 14.2 Å². The molecule has 0 aromatic heterocycles. The van der Waals surface area contributed by atoms with Gasteiger partial charge in [-0.25, -0.2) is 0 Å². The first-order valence-corrected chi connectivity index (χ1v) is 8.36. The largest absolute Gasteiger partial charge is 0.493 e. The summed E-state index contributed by atoms with van der Waals surface area (Å²) >= 11 is 0. The van der Waals surface area contributed by atoms with Crippen molar-refractivity contribution in [2.45, 2.75) is 25.4 Å². The highest BCUT2D eigenvalue weighted by atomic mass is 16.5. The third kappa shape index (κ3) is 5.29. The summed E-state index contributed by atoms with van der Waals surface area (Å²) < 4.78 is 22.2. The quantitative estimate of drug-likeness (QED) is 0.711. The molecule has 1 N–H and O–H groups in total. The summed E-state index contributed by atoms with van der Waals surface area (Å²) in [4.78, 5) is 0. The summed E-state index contributed by atoms with van der Waals surface area (Å²) in [5, 5.41) is 10.9. The van der Waals surface area contributed by atoms with Gasteiger partial charge in [0.15, 0.2) is 23.0 Å². The Morgan fingerprint density at radius 3 is 1.52 bits per heavy atom. The number of hydrogen-bond donors (Lipinski definition) is 1. The maximum atomic E-state index is 10.9. The lowest BCUT2D eigenvalue weighted by molar-refractivity contribution is -0.0469. The maximum absolute atomic E-state index is 10.9. The molecule has 0 saturated heterocycles. The molecule has 5 nitrogen and oxygen atoms in total. The molecule has 0 spiro atoms. The molecule has 0 unspecified atom stereocenters. The van der Waals surface area contributed by atoms with E-state index in [1.165, 1.54) is 0 Å². The minimum Gasteiger partial charge on any atom is -0.493 e. The second kappa shape index (κ2) is 9.18. The Labute approximate surface area is 149 Å². The van der Waals surface area contributed by atoms with E-state index >= 15 is 0 Å². The van der Waals surface area contributed by atoms with Crippen LogP contribution in [-0.2, 0) is 0 Å². The zero-order chi connectivity index (χ0) is 18.1. The maximum Gasteiger partial charge on any atom is 0.161 e. The van der Waals surface area contributed by atoms with Gasteiger partial charge in [0.05, 0.1) is 14.2 Å². The van der Waals surface area contributed by atoms with Crippen molar-refractivity contribution in [1.29, 1.82) is 0 Å². The number of benzene rings is 2. The third-order valence-corrected chi connectivity index (χ3v) is 3.85. The van der Waals surface area contributed by atoms with Crippen LogP contribution in [0.25, 0.3) is 0 Å². The molecule has 0 aliphatic carbocycles. The summed E-state index contributed by atoms with van der Waals surface area (Å²) in [6.07, 6.45) is 1.36. The van der Waals surface area contributed by atoms with E-state index in [0.29, 0.717) is 29.4 Å². The van der Waals surface area contributed by atoms with Gasteiger partial charge in [0.2, 0.25) is 0 Å². The predicted octanol–water partition coefficient (Wildman–Crippen LogP) is 3.69.